The minimum Gasteiger partial charge on any atom is -0.497 e. The summed E-state index contributed by atoms with van der Waals surface area (Å²) in [5, 5.41) is 0. The lowest BCUT2D eigenvalue weighted by atomic mass is 10.1. The summed E-state index contributed by atoms with van der Waals surface area (Å²) in [7, 11) is -1.95. The van der Waals surface area contributed by atoms with Crippen molar-refractivity contribution in [3.8, 4) is 5.75 Å². The standard InChI is InChI=1S/C18H21ClN2O3S3/c1-18(2,3)20-27(22,23)16-9-12-8-14(11-19)21(26-17(12)25-16)13-6-5-7-15(10-13)24-4/h5-10,20H,11H2,1-4H3. The first-order valence-electron chi connectivity index (χ1n) is 8.19. The molecule has 0 saturated carbocycles. The molecule has 1 N–H and O–H groups in total. The number of hydrogen-bond donors (Lipinski definition) is 1. The van der Waals surface area contributed by atoms with Crippen LogP contribution in [0.3, 0.4) is 0 Å². The van der Waals surface area contributed by atoms with Crippen molar-refractivity contribution in [1.82, 2.24) is 4.72 Å². The van der Waals surface area contributed by atoms with Crippen LogP contribution in [0.4, 0.5) is 5.69 Å². The first-order chi connectivity index (χ1) is 12.6. The number of ether oxygens (including phenoxy) is 1. The van der Waals surface area contributed by atoms with E-state index in [1.165, 1.54) is 23.3 Å². The molecule has 0 bridgehead atoms. The van der Waals surface area contributed by atoms with Crippen molar-refractivity contribution in [2.24, 2.45) is 0 Å². The number of halogens is 1. The van der Waals surface area contributed by atoms with E-state index in [2.05, 4.69) is 4.72 Å². The molecular formula is C18H21ClN2O3S3. The highest BCUT2D eigenvalue weighted by molar-refractivity contribution is 8.03. The SMILES string of the molecule is COc1cccc(N2Sc3sc(S(=O)(=O)NC(C)(C)C)cc3C=C2CCl)c1. The van der Waals surface area contributed by atoms with Gasteiger partial charge in [0.15, 0.2) is 0 Å². The topological polar surface area (TPSA) is 58.6 Å². The van der Waals surface area contributed by atoms with Gasteiger partial charge in [-0.1, -0.05) is 6.07 Å². The molecule has 0 amide bonds. The maximum absolute atomic E-state index is 12.7. The van der Waals surface area contributed by atoms with Crippen LogP contribution in [0.1, 0.15) is 26.3 Å². The van der Waals surface area contributed by atoms with E-state index in [9.17, 15) is 8.42 Å². The van der Waals surface area contributed by atoms with Gasteiger partial charge in [-0.15, -0.1) is 22.9 Å². The summed E-state index contributed by atoms with van der Waals surface area (Å²) in [4.78, 5) is 0. The molecule has 27 heavy (non-hydrogen) atoms. The average Bonchev–Trinajstić information content (AvgIpc) is 3.02. The van der Waals surface area contributed by atoms with Gasteiger partial charge in [-0.2, -0.15) is 0 Å². The zero-order valence-electron chi connectivity index (χ0n) is 15.4. The largest absolute Gasteiger partial charge is 0.497 e. The fourth-order valence-corrected chi connectivity index (χ4v) is 7.07. The third kappa shape index (κ3) is 4.63. The quantitative estimate of drug-likeness (QED) is 0.522. The number of nitrogens with zero attached hydrogens (tertiary/aromatic N) is 1. The van der Waals surface area contributed by atoms with Gasteiger partial charge in [-0.3, -0.25) is 4.31 Å². The molecule has 146 valence electrons. The minimum atomic E-state index is -3.57. The van der Waals surface area contributed by atoms with Crippen LogP contribution in [0.2, 0.25) is 0 Å². The highest BCUT2D eigenvalue weighted by Gasteiger charge is 2.28. The number of hydrogen-bond acceptors (Lipinski definition) is 6. The number of rotatable bonds is 5. The summed E-state index contributed by atoms with van der Waals surface area (Å²) in [6.45, 7) is 5.47. The third-order valence-corrected chi connectivity index (χ3v) is 8.54. The smallest absolute Gasteiger partial charge is 0.250 e. The Kier molecular flexibility index (Phi) is 5.84. The van der Waals surface area contributed by atoms with E-state index in [1.54, 1.807) is 13.2 Å². The van der Waals surface area contributed by atoms with E-state index >= 15 is 0 Å². The fourth-order valence-electron chi connectivity index (χ4n) is 2.55. The predicted molar refractivity (Wildman–Crippen MR) is 114 cm³/mol. The number of nitrogens with one attached hydrogen (secondary N) is 1. The Morgan fingerprint density at radius 2 is 2.00 bits per heavy atom. The molecule has 0 fully saturated rings. The average molecular weight is 445 g/mol. The van der Waals surface area contributed by atoms with E-state index in [-0.39, 0.29) is 0 Å². The monoisotopic (exact) mass is 444 g/mol. The summed E-state index contributed by atoms with van der Waals surface area (Å²) in [6, 6.07) is 9.38. The van der Waals surface area contributed by atoms with Gasteiger partial charge in [-0.25, -0.2) is 13.1 Å². The molecule has 0 aliphatic carbocycles. The second-order valence-corrected chi connectivity index (χ2v) is 11.5. The van der Waals surface area contributed by atoms with E-state index in [0.717, 1.165) is 26.9 Å². The molecule has 0 radical (unpaired) electrons. The normalized spacial score (nSPS) is 14.7. The number of sulfonamides is 1. The van der Waals surface area contributed by atoms with Crippen LogP contribution in [-0.4, -0.2) is 26.9 Å². The second kappa shape index (κ2) is 7.67. The Labute approximate surface area is 173 Å². The number of anilines is 1. The van der Waals surface area contributed by atoms with Crippen LogP contribution in [0, 0.1) is 0 Å². The molecule has 0 spiro atoms. The van der Waals surface area contributed by atoms with Crippen molar-refractivity contribution in [2.45, 2.75) is 34.7 Å². The lowest BCUT2D eigenvalue weighted by Crippen LogP contribution is -2.40. The lowest BCUT2D eigenvalue weighted by Gasteiger charge is -2.28. The molecule has 0 saturated heterocycles. The van der Waals surface area contributed by atoms with E-state index in [1.807, 2.05) is 55.4 Å². The molecule has 3 rings (SSSR count). The molecule has 0 atom stereocenters. The minimum absolute atomic E-state index is 0.299. The molecule has 5 nitrogen and oxygen atoms in total. The molecule has 1 aliphatic heterocycles. The van der Waals surface area contributed by atoms with Crippen molar-refractivity contribution in [1.29, 1.82) is 0 Å². The summed E-state index contributed by atoms with van der Waals surface area (Å²) < 4.78 is 36.5. The molecule has 1 aromatic heterocycles. The molecule has 1 aliphatic rings. The Balaban J connectivity index is 1.97. The highest BCUT2D eigenvalue weighted by atomic mass is 35.5. The van der Waals surface area contributed by atoms with Crippen molar-refractivity contribution in [3.05, 3.63) is 41.6 Å². The molecule has 2 heterocycles. The van der Waals surface area contributed by atoms with Gasteiger partial charge in [0.25, 0.3) is 10.0 Å². The Bertz CT molecular complexity index is 978. The zero-order chi connectivity index (χ0) is 19.8. The van der Waals surface area contributed by atoms with Gasteiger partial charge < -0.3 is 4.74 Å². The number of fused-ring (bicyclic) bond motifs is 1. The van der Waals surface area contributed by atoms with Gasteiger partial charge >= 0.3 is 0 Å². The van der Waals surface area contributed by atoms with Crippen LogP contribution in [0.25, 0.3) is 6.08 Å². The molecule has 0 unspecified atom stereocenters. The van der Waals surface area contributed by atoms with Gasteiger partial charge in [0.05, 0.1) is 22.9 Å². The summed E-state index contributed by atoms with van der Waals surface area (Å²) in [5.74, 6) is 1.05. The molecule has 2 aromatic rings. The molecule has 9 heteroatoms. The zero-order valence-corrected chi connectivity index (χ0v) is 18.7. The van der Waals surface area contributed by atoms with Crippen LogP contribution < -0.4 is 13.8 Å². The number of thiophene rings is 1. The first kappa shape index (κ1) is 20.5. The predicted octanol–water partition coefficient (Wildman–Crippen LogP) is 4.94. The maximum atomic E-state index is 12.7. The third-order valence-electron chi connectivity index (χ3n) is 3.59. The van der Waals surface area contributed by atoms with E-state index < -0.39 is 15.6 Å². The number of methoxy groups -OCH3 is 1. The summed E-state index contributed by atoms with van der Waals surface area (Å²) in [5.41, 5.74) is 2.13. The van der Waals surface area contributed by atoms with Crippen molar-refractivity contribution in [3.63, 3.8) is 0 Å². The van der Waals surface area contributed by atoms with Crippen LogP contribution in [-0.2, 0) is 10.0 Å². The number of allylic oxidation sites excluding steroid dienone is 1. The van der Waals surface area contributed by atoms with Gasteiger partial charge in [-0.05, 0) is 45.0 Å². The van der Waals surface area contributed by atoms with E-state index in [4.69, 9.17) is 16.3 Å². The van der Waals surface area contributed by atoms with Crippen molar-refractivity contribution < 1.29 is 13.2 Å². The summed E-state index contributed by atoms with van der Waals surface area (Å²) >= 11 is 8.89. The lowest BCUT2D eigenvalue weighted by molar-refractivity contribution is 0.415. The number of benzene rings is 1. The van der Waals surface area contributed by atoms with Crippen molar-refractivity contribution >= 4 is 56.7 Å². The van der Waals surface area contributed by atoms with Crippen LogP contribution >= 0.6 is 34.9 Å². The molecule has 1 aromatic carbocycles. The fraction of sp³-hybridized carbons (Fsp3) is 0.333. The van der Waals surface area contributed by atoms with Crippen LogP contribution in [0.5, 0.6) is 5.75 Å². The van der Waals surface area contributed by atoms with Gasteiger partial charge in [0.1, 0.15) is 9.96 Å². The Morgan fingerprint density at radius 1 is 1.26 bits per heavy atom. The van der Waals surface area contributed by atoms with Crippen LogP contribution in [0.15, 0.2) is 44.4 Å². The maximum Gasteiger partial charge on any atom is 0.250 e. The second-order valence-electron chi connectivity index (χ2n) is 7.02. The number of alkyl halides is 1. The highest BCUT2D eigenvalue weighted by Crippen LogP contribution is 2.45. The first-order valence-corrected chi connectivity index (χ1v) is 11.8. The molecular weight excluding hydrogens is 424 g/mol. The van der Waals surface area contributed by atoms with Gasteiger partial charge in [0.2, 0.25) is 0 Å². The van der Waals surface area contributed by atoms with Crippen molar-refractivity contribution in [2.75, 3.05) is 17.3 Å². The Morgan fingerprint density at radius 3 is 2.63 bits per heavy atom. The summed E-state index contributed by atoms with van der Waals surface area (Å²) in [6.07, 6.45) is 1.94. The Hall–Kier alpha value is -1.19. The van der Waals surface area contributed by atoms with Gasteiger partial charge in [0, 0.05) is 34.8 Å². The van der Waals surface area contributed by atoms with E-state index in [0.29, 0.717) is 10.1 Å².